The summed E-state index contributed by atoms with van der Waals surface area (Å²) in [7, 11) is 1.89. The van der Waals surface area contributed by atoms with Crippen LogP contribution < -0.4 is 10.6 Å². The number of hydrogen-bond donors (Lipinski definition) is 2. The molecule has 106 valence electrons. The largest absolute Gasteiger partial charge is 0.373 e. The van der Waals surface area contributed by atoms with E-state index in [9.17, 15) is 0 Å². The minimum absolute atomic E-state index is 0.301. The molecule has 0 unspecified atom stereocenters. The van der Waals surface area contributed by atoms with Crippen molar-refractivity contribution in [2.75, 3.05) is 17.7 Å². The third kappa shape index (κ3) is 2.28. The van der Waals surface area contributed by atoms with Gasteiger partial charge in [0.1, 0.15) is 17.5 Å². The van der Waals surface area contributed by atoms with Crippen LogP contribution in [0.4, 0.5) is 11.6 Å². The van der Waals surface area contributed by atoms with Gasteiger partial charge < -0.3 is 10.6 Å². The van der Waals surface area contributed by atoms with Crippen LogP contribution in [-0.4, -0.2) is 23.1 Å². The maximum Gasteiger partial charge on any atom is 0.135 e. The van der Waals surface area contributed by atoms with Crippen molar-refractivity contribution >= 4 is 11.6 Å². The number of nitrogens with one attached hydrogen (secondary N) is 2. The zero-order valence-corrected chi connectivity index (χ0v) is 13.1. The minimum atomic E-state index is 0.301. The van der Waals surface area contributed by atoms with Crippen LogP contribution in [0.25, 0.3) is 0 Å². The van der Waals surface area contributed by atoms with E-state index < -0.39 is 0 Å². The van der Waals surface area contributed by atoms with Crippen molar-refractivity contribution in [1.82, 2.24) is 9.97 Å². The average Bonchev–Trinajstić information content (AvgIpc) is 2.71. The van der Waals surface area contributed by atoms with Crippen molar-refractivity contribution in [2.45, 2.75) is 53.5 Å². The molecule has 1 saturated carbocycles. The van der Waals surface area contributed by atoms with Gasteiger partial charge in [0.05, 0.1) is 0 Å². The third-order valence-corrected chi connectivity index (χ3v) is 4.83. The summed E-state index contributed by atoms with van der Waals surface area (Å²) >= 11 is 0. The molecule has 1 aromatic rings. The van der Waals surface area contributed by atoms with Gasteiger partial charge in [0.15, 0.2) is 0 Å². The first kappa shape index (κ1) is 14.1. The Bertz CT molecular complexity index is 463. The Morgan fingerprint density at radius 3 is 2.00 bits per heavy atom. The van der Waals surface area contributed by atoms with Gasteiger partial charge in [0.2, 0.25) is 0 Å². The van der Waals surface area contributed by atoms with Crippen molar-refractivity contribution in [2.24, 2.45) is 10.8 Å². The van der Waals surface area contributed by atoms with Crippen LogP contribution in [0.5, 0.6) is 0 Å². The first-order valence-electron chi connectivity index (χ1n) is 7.03. The van der Waals surface area contributed by atoms with Gasteiger partial charge in [-0.15, -0.1) is 0 Å². The lowest BCUT2D eigenvalue weighted by molar-refractivity contribution is 0.457. The lowest BCUT2D eigenvalue weighted by Gasteiger charge is -2.12. The highest BCUT2D eigenvalue weighted by atomic mass is 15.1. The highest BCUT2D eigenvalue weighted by Gasteiger charge is 2.65. The zero-order chi connectivity index (χ0) is 14.4. The highest BCUT2D eigenvalue weighted by Crippen LogP contribution is 2.63. The lowest BCUT2D eigenvalue weighted by Crippen LogP contribution is -2.13. The van der Waals surface area contributed by atoms with E-state index in [-0.39, 0.29) is 0 Å². The standard InChI is InChI=1S/C15H26N4/c1-9(2)12-17-10(16-7)8-11(18-12)19-13-14(3,4)15(13,5)6/h8-9,13H,1-7H3,(H2,16,17,18,19). The molecule has 1 aliphatic carbocycles. The van der Waals surface area contributed by atoms with Crippen LogP contribution in [0.1, 0.15) is 53.3 Å². The maximum atomic E-state index is 4.63. The second-order valence-electron chi connectivity index (χ2n) is 6.92. The lowest BCUT2D eigenvalue weighted by atomic mass is 10.0. The van der Waals surface area contributed by atoms with E-state index in [1.54, 1.807) is 0 Å². The first-order valence-corrected chi connectivity index (χ1v) is 7.03. The SMILES string of the molecule is CNc1cc(NC2C(C)(C)C2(C)C)nc(C(C)C)n1. The Labute approximate surface area is 116 Å². The molecular formula is C15H26N4. The average molecular weight is 262 g/mol. The Morgan fingerprint density at radius 2 is 1.58 bits per heavy atom. The summed E-state index contributed by atoms with van der Waals surface area (Å²) in [5, 5.41) is 6.68. The van der Waals surface area contributed by atoms with E-state index in [1.807, 2.05) is 13.1 Å². The summed E-state index contributed by atoms with van der Waals surface area (Å²) in [6, 6.07) is 2.44. The summed E-state index contributed by atoms with van der Waals surface area (Å²) in [5.74, 6) is 3.00. The molecule has 0 aromatic carbocycles. The molecule has 2 N–H and O–H groups in total. The van der Waals surface area contributed by atoms with Gasteiger partial charge in [-0.25, -0.2) is 9.97 Å². The predicted octanol–water partition coefficient (Wildman–Crippen LogP) is 3.49. The fourth-order valence-corrected chi connectivity index (χ4v) is 2.63. The van der Waals surface area contributed by atoms with Crippen molar-refractivity contribution < 1.29 is 0 Å². The number of rotatable bonds is 4. The normalized spacial score (nSPS) is 20.4. The smallest absolute Gasteiger partial charge is 0.135 e. The topological polar surface area (TPSA) is 49.8 Å². The van der Waals surface area contributed by atoms with E-state index in [0.717, 1.165) is 17.5 Å². The number of nitrogens with zero attached hydrogens (tertiary/aromatic N) is 2. The maximum absolute atomic E-state index is 4.63. The molecule has 1 fully saturated rings. The molecule has 1 aliphatic rings. The zero-order valence-electron chi connectivity index (χ0n) is 13.1. The fraction of sp³-hybridized carbons (Fsp3) is 0.733. The number of anilines is 2. The van der Waals surface area contributed by atoms with Crippen LogP contribution in [0.15, 0.2) is 6.07 Å². The van der Waals surface area contributed by atoms with Crippen LogP contribution >= 0.6 is 0 Å². The minimum Gasteiger partial charge on any atom is -0.373 e. The van der Waals surface area contributed by atoms with Gasteiger partial charge in [-0.05, 0) is 10.8 Å². The van der Waals surface area contributed by atoms with Gasteiger partial charge in [0, 0.05) is 25.1 Å². The molecule has 2 rings (SSSR count). The molecule has 0 amide bonds. The summed E-state index contributed by atoms with van der Waals surface area (Å²) in [6.45, 7) is 13.4. The van der Waals surface area contributed by atoms with Crippen LogP contribution in [-0.2, 0) is 0 Å². The molecule has 0 atom stereocenters. The Hall–Kier alpha value is -1.32. The Kier molecular flexibility index (Phi) is 3.23. The summed E-state index contributed by atoms with van der Waals surface area (Å²) in [5.41, 5.74) is 0.603. The van der Waals surface area contributed by atoms with Gasteiger partial charge in [-0.2, -0.15) is 0 Å². The second-order valence-corrected chi connectivity index (χ2v) is 6.92. The summed E-state index contributed by atoms with van der Waals surface area (Å²) in [4.78, 5) is 9.12. The summed E-state index contributed by atoms with van der Waals surface area (Å²) in [6.07, 6.45) is 0. The molecule has 0 spiro atoms. The molecule has 1 aromatic heterocycles. The quantitative estimate of drug-likeness (QED) is 0.872. The van der Waals surface area contributed by atoms with E-state index in [2.05, 4.69) is 62.1 Å². The van der Waals surface area contributed by atoms with Gasteiger partial charge in [0.25, 0.3) is 0 Å². The molecular weight excluding hydrogens is 236 g/mol. The molecule has 0 saturated heterocycles. The highest BCUT2D eigenvalue weighted by molar-refractivity contribution is 5.50. The van der Waals surface area contributed by atoms with E-state index in [1.165, 1.54) is 0 Å². The monoisotopic (exact) mass is 262 g/mol. The van der Waals surface area contributed by atoms with E-state index in [4.69, 9.17) is 0 Å². The first-order chi connectivity index (χ1) is 8.70. The second kappa shape index (κ2) is 4.36. The molecule has 0 radical (unpaired) electrons. The molecule has 0 aliphatic heterocycles. The van der Waals surface area contributed by atoms with E-state index in [0.29, 0.717) is 22.8 Å². The predicted molar refractivity (Wildman–Crippen MR) is 80.6 cm³/mol. The molecule has 4 heteroatoms. The Morgan fingerprint density at radius 1 is 1.05 bits per heavy atom. The van der Waals surface area contributed by atoms with Gasteiger partial charge in [-0.3, -0.25) is 0 Å². The Balaban J connectivity index is 2.24. The summed E-state index contributed by atoms with van der Waals surface area (Å²) < 4.78 is 0. The van der Waals surface area contributed by atoms with E-state index >= 15 is 0 Å². The van der Waals surface area contributed by atoms with Crippen LogP contribution in [0.3, 0.4) is 0 Å². The number of aromatic nitrogens is 2. The number of hydrogen-bond acceptors (Lipinski definition) is 4. The molecule has 1 heterocycles. The fourth-order valence-electron chi connectivity index (χ4n) is 2.63. The van der Waals surface area contributed by atoms with Gasteiger partial charge in [-0.1, -0.05) is 41.5 Å². The van der Waals surface area contributed by atoms with Crippen molar-refractivity contribution in [3.8, 4) is 0 Å². The van der Waals surface area contributed by atoms with Gasteiger partial charge >= 0.3 is 0 Å². The van der Waals surface area contributed by atoms with Crippen molar-refractivity contribution in [3.05, 3.63) is 11.9 Å². The van der Waals surface area contributed by atoms with Crippen LogP contribution in [0, 0.1) is 10.8 Å². The molecule has 4 nitrogen and oxygen atoms in total. The molecule has 19 heavy (non-hydrogen) atoms. The van der Waals surface area contributed by atoms with Crippen LogP contribution in [0.2, 0.25) is 0 Å². The molecule has 0 bridgehead atoms. The third-order valence-electron chi connectivity index (χ3n) is 4.83. The van der Waals surface area contributed by atoms with Crippen molar-refractivity contribution in [3.63, 3.8) is 0 Å². The van der Waals surface area contributed by atoms with Crippen molar-refractivity contribution in [1.29, 1.82) is 0 Å².